The lowest BCUT2D eigenvalue weighted by atomic mass is 10.1. The molecule has 1 saturated heterocycles. The fourth-order valence-electron chi connectivity index (χ4n) is 2.82. The first kappa shape index (κ1) is 13.1. The highest BCUT2D eigenvalue weighted by Crippen LogP contribution is 2.28. The molecule has 1 atom stereocenters. The lowest BCUT2D eigenvalue weighted by Gasteiger charge is -2.21. The number of rotatable bonds is 4. The molecule has 1 aliphatic rings. The van der Waals surface area contributed by atoms with Crippen molar-refractivity contribution in [3.05, 3.63) is 47.9 Å². The Morgan fingerprint density at radius 2 is 2.00 bits per heavy atom. The van der Waals surface area contributed by atoms with Crippen molar-refractivity contribution in [1.82, 2.24) is 0 Å². The van der Waals surface area contributed by atoms with Crippen LogP contribution in [0.5, 0.6) is 0 Å². The van der Waals surface area contributed by atoms with Gasteiger partial charge in [-0.1, -0.05) is 0 Å². The fourth-order valence-corrected chi connectivity index (χ4v) is 2.82. The molecule has 20 heavy (non-hydrogen) atoms. The van der Waals surface area contributed by atoms with Gasteiger partial charge in [-0.15, -0.1) is 0 Å². The molecule has 3 nitrogen and oxygen atoms in total. The molecule has 2 heterocycles. The Kier molecular flexibility index (Phi) is 3.68. The van der Waals surface area contributed by atoms with E-state index in [1.54, 1.807) is 12.5 Å². The molecule has 106 valence electrons. The molecular weight excluding hydrogens is 248 g/mol. The van der Waals surface area contributed by atoms with Gasteiger partial charge < -0.3 is 14.6 Å². The van der Waals surface area contributed by atoms with Crippen molar-refractivity contribution in [2.45, 2.75) is 32.7 Å². The molecule has 1 aliphatic heterocycles. The summed E-state index contributed by atoms with van der Waals surface area (Å²) in [5, 5.41) is 3.55. The van der Waals surface area contributed by atoms with Crippen molar-refractivity contribution >= 4 is 11.4 Å². The minimum Gasteiger partial charge on any atom is -0.472 e. The lowest BCUT2D eigenvalue weighted by molar-refractivity contribution is 0.562. The number of benzene rings is 1. The zero-order valence-electron chi connectivity index (χ0n) is 12.2. The Bertz CT molecular complexity index is 556. The van der Waals surface area contributed by atoms with Crippen molar-refractivity contribution in [3.8, 4) is 0 Å². The van der Waals surface area contributed by atoms with Gasteiger partial charge in [0, 0.05) is 30.0 Å². The Morgan fingerprint density at radius 1 is 1.20 bits per heavy atom. The molecule has 0 amide bonds. The van der Waals surface area contributed by atoms with Crippen LogP contribution in [0.4, 0.5) is 11.4 Å². The van der Waals surface area contributed by atoms with E-state index in [1.165, 1.54) is 48.4 Å². The second-order valence-electron chi connectivity index (χ2n) is 5.62. The first-order valence-corrected chi connectivity index (χ1v) is 7.38. The van der Waals surface area contributed by atoms with Crippen LogP contribution in [0, 0.1) is 6.92 Å². The summed E-state index contributed by atoms with van der Waals surface area (Å²) in [6.45, 7) is 6.71. The maximum atomic E-state index is 5.14. The molecule has 3 heteroatoms. The Morgan fingerprint density at radius 3 is 2.65 bits per heavy atom. The molecule has 1 fully saturated rings. The van der Waals surface area contributed by atoms with Gasteiger partial charge in [0.25, 0.3) is 0 Å². The average molecular weight is 270 g/mol. The van der Waals surface area contributed by atoms with Crippen LogP contribution in [0.15, 0.2) is 41.2 Å². The van der Waals surface area contributed by atoms with Gasteiger partial charge in [0.2, 0.25) is 0 Å². The molecule has 0 spiro atoms. The molecule has 1 aromatic heterocycles. The molecule has 2 aromatic rings. The van der Waals surface area contributed by atoms with E-state index in [0.29, 0.717) is 0 Å². The van der Waals surface area contributed by atoms with Crippen LogP contribution < -0.4 is 10.2 Å². The van der Waals surface area contributed by atoms with Crippen LogP contribution in [0.2, 0.25) is 0 Å². The van der Waals surface area contributed by atoms with Crippen LogP contribution in [-0.2, 0) is 0 Å². The molecular formula is C17H22N2O. The average Bonchev–Trinajstić information content (AvgIpc) is 3.14. The molecule has 0 radical (unpaired) electrons. The summed E-state index contributed by atoms with van der Waals surface area (Å²) in [5.74, 6) is 0. The highest BCUT2D eigenvalue weighted by Gasteiger charge is 2.14. The number of nitrogens with zero attached hydrogens (tertiary/aromatic N) is 1. The van der Waals surface area contributed by atoms with Crippen molar-refractivity contribution < 1.29 is 4.42 Å². The molecule has 0 bridgehead atoms. The van der Waals surface area contributed by atoms with Gasteiger partial charge >= 0.3 is 0 Å². The molecule has 1 N–H and O–H groups in total. The zero-order chi connectivity index (χ0) is 13.9. The van der Waals surface area contributed by atoms with Crippen molar-refractivity contribution in [2.75, 3.05) is 23.3 Å². The van der Waals surface area contributed by atoms with E-state index >= 15 is 0 Å². The van der Waals surface area contributed by atoms with Gasteiger partial charge in [-0.3, -0.25) is 0 Å². The summed E-state index contributed by atoms with van der Waals surface area (Å²) in [6.07, 6.45) is 6.15. The van der Waals surface area contributed by atoms with E-state index in [1.807, 2.05) is 6.07 Å². The summed E-state index contributed by atoms with van der Waals surface area (Å²) in [6, 6.07) is 8.97. The zero-order valence-corrected chi connectivity index (χ0v) is 12.2. The number of hydrogen-bond acceptors (Lipinski definition) is 3. The van der Waals surface area contributed by atoms with Crippen LogP contribution in [0.1, 0.15) is 36.9 Å². The van der Waals surface area contributed by atoms with E-state index in [4.69, 9.17) is 4.42 Å². The third kappa shape index (κ3) is 2.67. The quantitative estimate of drug-likeness (QED) is 0.894. The number of hydrogen-bond donors (Lipinski definition) is 1. The van der Waals surface area contributed by atoms with Gasteiger partial charge in [0.15, 0.2) is 0 Å². The van der Waals surface area contributed by atoms with Gasteiger partial charge in [-0.2, -0.15) is 0 Å². The maximum absolute atomic E-state index is 5.14. The number of anilines is 2. The second kappa shape index (κ2) is 5.61. The minimum absolute atomic E-state index is 0.255. The maximum Gasteiger partial charge on any atom is 0.0955 e. The Labute approximate surface area is 120 Å². The summed E-state index contributed by atoms with van der Waals surface area (Å²) < 4.78 is 5.14. The van der Waals surface area contributed by atoms with Crippen LogP contribution in [-0.4, -0.2) is 13.1 Å². The highest BCUT2D eigenvalue weighted by atomic mass is 16.3. The first-order valence-electron chi connectivity index (χ1n) is 7.38. The predicted molar refractivity (Wildman–Crippen MR) is 83.4 cm³/mol. The number of nitrogens with one attached hydrogen (secondary N) is 1. The van der Waals surface area contributed by atoms with Gasteiger partial charge in [-0.25, -0.2) is 0 Å². The van der Waals surface area contributed by atoms with Gasteiger partial charge in [-0.05, 0) is 56.5 Å². The van der Waals surface area contributed by atoms with Crippen molar-refractivity contribution in [3.63, 3.8) is 0 Å². The van der Waals surface area contributed by atoms with Gasteiger partial charge in [0.1, 0.15) is 0 Å². The minimum atomic E-state index is 0.255. The van der Waals surface area contributed by atoms with E-state index < -0.39 is 0 Å². The van der Waals surface area contributed by atoms with E-state index in [2.05, 4.69) is 42.3 Å². The molecule has 0 aliphatic carbocycles. The molecule has 1 aromatic carbocycles. The fraction of sp³-hybridized carbons (Fsp3) is 0.412. The topological polar surface area (TPSA) is 28.4 Å². The largest absolute Gasteiger partial charge is 0.472 e. The van der Waals surface area contributed by atoms with Crippen molar-refractivity contribution in [2.24, 2.45) is 0 Å². The van der Waals surface area contributed by atoms with E-state index in [-0.39, 0.29) is 6.04 Å². The normalized spacial score (nSPS) is 16.4. The number of aryl methyl sites for hydroxylation is 1. The first-order chi connectivity index (χ1) is 9.74. The lowest BCUT2D eigenvalue weighted by Crippen LogP contribution is -2.17. The van der Waals surface area contributed by atoms with E-state index in [0.717, 1.165) is 0 Å². The monoisotopic (exact) mass is 270 g/mol. The van der Waals surface area contributed by atoms with Crippen LogP contribution in [0.3, 0.4) is 0 Å². The predicted octanol–water partition coefficient (Wildman–Crippen LogP) is 4.36. The number of furan rings is 1. The highest BCUT2D eigenvalue weighted by molar-refractivity contribution is 5.61. The molecule has 0 saturated carbocycles. The van der Waals surface area contributed by atoms with Gasteiger partial charge in [0.05, 0.1) is 18.6 Å². The third-order valence-electron chi connectivity index (χ3n) is 4.10. The standard InChI is InChI=1S/C17H22N2O/c1-13-11-16(19-8-3-4-9-19)5-6-17(13)18-14(2)15-7-10-20-12-15/h5-7,10-12,14,18H,3-4,8-9H2,1-2H3. The third-order valence-corrected chi connectivity index (χ3v) is 4.10. The Hall–Kier alpha value is -1.90. The smallest absolute Gasteiger partial charge is 0.0955 e. The van der Waals surface area contributed by atoms with Crippen molar-refractivity contribution in [1.29, 1.82) is 0 Å². The summed E-state index contributed by atoms with van der Waals surface area (Å²) in [5.41, 5.74) is 5.01. The van der Waals surface area contributed by atoms with Crippen LogP contribution in [0.25, 0.3) is 0 Å². The molecule has 3 rings (SSSR count). The molecule has 1 unspecified atom stereocenters. The van der Waals surface area contributed by atoms with E-state index in [9.17, 15) is 0 Å². The Balaban J connectivity index is 1.74. The summed E-state index contributed by atoms with van der Waals surface area (Å²) in [4.78, 5) is 2.47. The summed E-state index contributed by atoms with van der Waals surface area (Å²) >= 11 is 0. The second-order valence-corrected chi connectivity index (χ2v) is 5.62. The summed E-state index contributed by atoms with van der Waals surface area (Å²) in [7, 11) is 0. The van der Waals surface area contributed by atoms with Crippen LogP contribution >= 0.6 is 0 Å². The SMILES string of the molecule is Cc1cc(N2CCCC2)ccc1NC(C)c1ccoc1.